The molecule has 0 aliphatic heterocycles. The lowest BCUT2D eigenvalue weighted by Gasteiger charge is -2.08. The average Bonchev–Trinajstić information content (AvgIpc) is 2.55. The third kappa shape index (κ3) is 5.94. The van der Waals surface area contributed by atoms with Crippen LogP contribution in [-0.4, -0.2) is 18.4 Å². The lowest BCUT2D eigenvalue weighted by Crippen LogP contribution is -2.31. The summed E-state index contributed by atoms with van der Waals surface area (Å²) < 4.78 is 0. The van der Waals surface area contributed by atoms with Crippen molar-refractivity contribution in [1.82, 2.24) is 10.6 Å². The van der Waals surface area contributed by atoms with Crippen molar-refractivity contribution in [2.75, 3.05) is 6.54 Å². The van der Waals surface area contributed by atoms with Crippen LogP contribution in [0.15, 0.2) is 54.6 Å². The van der Waals surface area contributed by atoms with Crippen molar-refractivity contribution in [3.05, 3.63) is 71.3 Å². The normalized spacial score (nSPS) is 10.1. The molecule has 4 nitrogen and oxygen atoms in total. The van der Waals surface area contributed by atoms with Gasteiger partial charge in [-0.05, 0) is 23.6 Å². The zero-order valence-electron chi connectivity index (χ0n) is 13.3. The molecule has 0 fully saturated rings. The fraction of sp³-hybridized carbons (Fsp3) is 0.263. The van der Waals surface area contributed by atoms with E-state index in [0.717, 1.165) is 16.7 Å². The van der Waals surface area contributed by atoms with Crippen molar-refractivity contribution in [2.45, 2.75) is 26.3 Å². The van der Waals surface area contributed by atoms with Gasteiger partial charge in [-0.15, -0.1) is 0 Å². The number of hydrogen-bond acceptors (Lipinski definition) is 2. The van der Waals surface area contributed by atoms with Gasteiger partial charge in [0.25, 0.3) is 0 Å². The molecule has 0 saturated heterocycles. The Kier molecular flexibility index (Phi) is 6.36. The van der Waals surface area contributed by atoms with Crippen LogP contribution in [-0.2, 0) is 22.6 Å². The molecule has 0 aliphatic carbocycles. The standard InChI is InChI=1S/C19H22N2O2/c1-15-7-5-6-10-17(15)14-21-18(22)11-12-20-19(23)13-16-8-3-2-4-9-16/h2-10H,11-14H2,1H3,(H,20,23)(H,21,22). The molecule has 0 aromatic heterocycles. The van der Waals surface area contributed by atoms with Crippen LogP contribution < -0.4 is 10.6 Å². The predicted octanol–water partition coefficient (Wildman–Crippen LogP) is 2.36. The van der Waals surface area contributed by atoms with Crippen LogP contribution >= 0.6 is 0 Å². The third-order valence-corrected chi connectivity index (χ3v) is 3.62. The smallest absolute Gasteiger partial charge is 0.224 e. The molecule has 0 aliphatic rings. The van der Waals surface area contributed by atoms with Gasteiger partial charge in [-0.1, -0.05) is 54.6 Å². The first-order valence-corrected chi connectivity index (χ1v) is 7.77. The lowest BCUT2D eigenvalue weighted by molar-refractivity contribution is -0.122. The topological polar surface area (TPSA) is 58.2 Å². The highest BCUT2D eigenvalue weighted by molar-refractivity contribution is 5.80. The van der Waals surface area contributed by atoms with Crippen molar-refractivity contribution in [3.63, 3.8) is 0 Å². The largest absolute Gasteiger partial charge is 0.355 e. The van der Waals surface area contributed by atoms with Crippen LogP contribution in [0.5, 0.6) is 0 Å². The van der Waals surface area contributed by atoms with E-state index < -0.39 is 0 Å². The van der Waals surface area contributed by atoms with Gasteiger partial charge in [0.05, 0.1) is 6.42 Å². The molecular formula is C19H22N2O2. The van der Waals surface area contributed by atoms with E-state index in [1.807, 2.05) is 61.5 Å². The lowest BCUT2D eigenvalue weighted by atomic mass is 10.1. The van der Waals surface area contributed by atoms with Gasteiger partial charge < -0.3 is 10.6 Å². The number of benzene rings is 2. The van der Waals surface area contributed by atoms with Gasteiger partial charge in [-0.25, -0.2) is 0 Å². The molecule has 4 heteroatoms. The van der Waals surface area contributed by atoms with Crippen LogP contribution in [0.1, 0.15) is 23.1 Å². The second kappa shape index (κ2) is 8.73. The summed E-state index contributed by atoms with van der Waals surface area (Å²) in [5.41, 5.74) is 3.23. The van der Waals surface area contributed by atoms with Crippen molar-refractivity contribution in [3.8, 4) is 0 Å². The molecule has 2 aromatic carbocycles. The van der Waals surface area contributed by atoms with Gasteiger partial charge in [0.1, 0.15) is 0 Å². The maximum Gasteiger partial charge on any atom is 0.224 e. The Labute approximate surface area is 136 Å². The summed E-state index contributed by atoms with van der Waals surface area (Å²) in [6.45, 7) is 2.89. The van der Waals surface area contributed by atoms with Gasteiger partial charge >= 0.3 is 0 Å². The van der Waals surface area contributed by atoms with E-state index in [1.165, 1.54) is 0 Å². The highest BCUT2D eigenvalue weighted by Crippen LogP contribution is 2.06. The Morgan fingerprint density at radius 3 is 2.30 bits per heavy atom. The molecule has 2 amide bonds. The number of amides is 2. The molecule has 2 aromatic rings. The van der Waals surface area contributed by atoms with Crippen LogP contribution in [0, 0.1) is 6.92 Å². The molecule has 2 rings (SSSR count). The molecule has 0 heterocycles. The summed E-state index contributed by atoms with van der Waals surface area (Å²) in [6.07, 6.45) is 0.623. The number of carbonyl (C=O) groups is 2. The number of hydrogen-bond donors (Lipinski definition) is 2. The second-order valence-electron chi connectivity index (χ2n) is 5.47. The SMILES string of the molecule is Cc1ccccc1CNC(=O)CCNC(=O)Cc1ccccc1. The van der Waals surface area contributed by atoms with E-state index in [0.29, 0.717) is 19.5 Å². The summed E-state index contributed by atoms with van der Waals surface area (Å²) in [5, 5.41) is 5.64. The Morgan fingerprint density at radius 2 is 1.57 bits per heavy atom. The van der Waals surface area contributed by atoms with Crippen molar-refractivity contribution < 1.29 is 9.59 Å². The highest BCUT2D eigenvalue weighted by Gasteiger charge is 2.05. The van der Waals surface area contributed by atoms with Gasteiger partial charge in [-0.3, -0.25) is 9.59 Å². The van der Waals surface area contributed by atoms with Crippen molar-refractivity contribution in [1.29, 1.82) is 0 Å². The van der Waals surface area contributed by atoms with Gasteiger partial charge in [-0.2, -0.15) is 0 Å². The van der Waals surface area contributed by atoms with E-state index in [2.05, 4.69) is 10.6 Å². The first-order chi connectivity index (χ1) is 11.1. The second-order valence-corrected chi connectivity index (χ2v) is 5.47. The van der Waals surface area contributed by atoms with E-state index in [1.54, 1.807) is 0 Å². The van der Waals surface area contributed by atoms with Crippen molar-refractivity contribution >= 4 is 11.8 Å². The Balaban J connectivity index is 1.65. The Hall–Kier alpha value is -2.62. The molecule has 0 bridgehead atoms. The number of carbonyl (C=O) groups excluding carboxylic acids is 2. The zero-order chi connectivity index (χ0) is 16.5. The first kappa shape index (κ1) is 16.7. The summed E-state index contributed by atoms with van der Waals surface area (Å²) in [4.78, 5) is 23.6. The maximum atomic E-state index is 11.8. The fourth-order valence-electron chi connectivity index (χ4n) is 2.25. The molecule has 0 saturated carbocycles. The molecule has 120 valence electrons. The van der Waals surface area contributed by atoms with Crippen LogP contribution in [0.25, 0.3) is 0 Å². The van der Waals surface area contributed by atoms with E-state index in [4.69, 9.17) is 0 Å². The van der Waals surface area contributed by atoms with Crippen LogP contribution in [0.3, 0.4) is 0 Å². The minimum Gasteiger partial charge on any atom is -0.355 e. The van der Waals surface area contributed by atoms with Crippen LogP contribution in [0.2, 0.25) is 0 Å². The summed E-state index contributed by atoms with van der Waals surface area (Å²) >= 11 is 0. The molecular weight excluding hydrogens is 288 g/mol. The van der Waals surface area contributed by atoms with Gasteiger partial charge in [0.2, 0.25) is 11.8 Å². The quantitative estimate of drug-likeness (QED) is 0.825. The Bertz CT molecular complexity index is 653. The van der Waals surface area contributed by atoms with Gasteiger partial charge in [0.15, 0.2) is 0 Å². The minimum atomic E-state index is -0.0668. The van der Waals surface area contributed by atoms with E-state index in [9.17, 15) is 9.59 Å². The molecule has 0 atom stereocenters. The average molecular weight is 310 g/mol. The summed E-state index contributed by atoms with van der Waals surface area (Å²) in [5.74, 6) is -0.129. The predicted molar refractivity (Wildman–Crippen MR) is 90.8 cm³/mol. The number of rotatable bonds is 7. The number of nitrogens with one attached hydrogen (secondary N) is 2. The van der Waals surface area contributed by atoms with E-state index >= 15 is 0 Å². The van der Waals surface area contributed by atoms with Crippen LogP contribution in [0.4, 0.5) is 0 Å². The molecule has 23 heavy (non-hydrogen) atoms. The van der Waals surface area contributed by atoms with Gasteiger partial charge in [0, 0.05) is 19.5 Å². The van der Waals surface area contributed by atoms with E-state index in [-0.39, 0.29) is 18.2 Å². The molecule has 0 radical (unpaired) electrons. The minimum absolute atomic E-state index is 0.0618. The Morgan fingerprint density at radius 1 is 0.870 bits per heavy atom. The first-order valence-electron chi connectivity index (χ1n) is 7.77. The summed E-state index contributed by atoms with van der Waals surface area (Å²) in [6, 6.07) is 17.5. The monoisotopic (exact) mass is 310 g/mol. The third-order valence-electron chi connectivity index (χ3n) is 3.62. The maximum absolute atomic E-state index is 11.8. The zero-order valence-corrected chi connectivity index (χ0v) is 13.3. The highest BCUT2D eigenvalue weighted by atomic mass is 16.2. The molecule has 0 spiro atoms. The fourth-order valence-corrected chi connectivity index (χ4v) is 2.25. The molecule has 0 unspecified atom stereocenters. The van der Waals surface area contributed by atoms with Crippen molar-refractivity contribution in [2.24, 2.45) is 0 Å². The number of aryl methyl sites for hydroxylation is 1. The molecule has 2 N–H and O–H groups in total. The summed E-state index contributed by atoms with van der Waals surface area (Å²) in [7, 11) is 0.